The molecule has 2 aromatic heterocycles. The Kier molecular flexibility index (Phi) is 9.49. The monoisotopic (exact) mass is 651 g/mol. The van der Waals surface area contributed by atoms with E-state index in [2.05, 4.69) is 40.2 Å². The fourth-order valence-electron chi connectivity index (χ4n) is 4.64. The van der Waals surface area contributed by atoms with Crippen molar-refractivity contribution in [3.8, 4) is 11.6 Å². The first kappa shape index (κ1) is 32.7. The summed E-state index contributed by atoms with van der Waals surface area (Å²) in [4.78, 5) is 47.2. The highest BCUT2D eigenvalue weighted by Gasteiger charge is 2.56. The molecule has 1 saturated carbocycles. The molecule has 2 aromatic carbocycles. The van der Waals surface area contributed by atoms with Crippen LogP contribution in [0.15, 0.2) is 54.9 Å². The van der Waals surface area contributed by atoms with Gasteiger partial charge in [-0.25, -0.2) is 23.5 Å². The van der Waals surface area contributed by atoms with Crippen molar-refractivity contribution in [3.63, 3.8) is 0 Å². The zero-order valence-corrected chi connectivity index (χ0v) is 27.0. The molecule has 1 fully saturated rings. The summed E-state index contributed by atoms with van der Waals surface area (Å²) < 4.78 is 47.0. The lowest BCUT2D eigenvalue weighted by molar-refractivity contribution is -0.131. The number of carbonyl (C=O) groups excluding carboxylic acids is 3. The Morgan fingerprint density at radius 3 is 2.26 bits per heavy atom. The summed E-state index contributed by atoms with van der Waals surface area (Å²) in [5.74, 6) is -3.13. The fourth-order valence-corrected chi connectivity index (χ4v) is 5.40. The van der Waals surface area contributed by atoms with Crippen LogP contribution in [0.3, 0.4) is 0 Å². The Morgan fingerprint density at radius 2 is 1.63 bits per heavy atom. The predicted octanol–water partition coefficient (Wildman–Crippen LogP) is 6.35. The Balaban J connectivity index is 1.31. The number of nitrogens with zero attached hydrogens (tertiary/aromatic N) is 3. The maximum Gasteiger partial charge on any atom is 0.355 e. The van der Waals surface area contributed by atoms with Gasteiger partial charge in [0.2, 0.25) is 17.7 Å². The van der Waals surface area contributed by atoms with Gasteiger partial charge in [0.25, 0.3) is 0 Å². The molecule has 2 N–H and O–H groups in total. The molecule has 0 radical (unpaired) electrons. The van der Waals surface area contributed by atoms with Gasteiger partial charge >= 0.3 is 5.97 Å². The smallest absolute Gasteiger partial charge is 0.355 e. The molecule has 2 heterocycles. The summed E-state index contributed by atoms with van der Waals surface area (Å²) in [6.45, 7) is 9.14. The van der Waals surface area contributed by atoms with Gasteiger partial charge in [-0.3, -0.25) is 14.2 Å². The summed E-state index contributed by atoms with van der Waals surface area (Å²) in [6, 6.07) is 11.5. The molecule has 4 aromatic rings. The van der Waals surface area contributed by atoms with Crippen LogP contribution < -0.4 is 15.4 Å². The lowest BCUT2D eigenvalue weighted by Gasteiger charge is -2.16. The van der Waals surface area contributed by atoms with Crippen molar-refractivity contribution in [2.75, 3.05) is 23.8 Å². The fraction of sp³-hybridized carbons (Fsp3) is 0.344. The van der Waals surface area contributed by atoms with E-state index >= 15 is 4.39 Å². The molecule has 1 aliphatic rings. The second-order valence-corrected chi connectivity index (χ2v) is 17.8. The molecule has 5 rings (SSSR count). The Morgan fingerprint density at radius 1 is 0.957 bits per heavy atom. The summed E-state index contributed by atoms with van der Waals surface area (Å²) in [7, 11) is -1.34. The lowest BCUT2D eigenvalue weighted by Crippen LogP contribution is -2.35. The quantitative estimate of drug-likeness (QED) is 0.0740. The molecule has 0 bridgehead atoms. The van der Waals surface area contributed by atoms with Gasteiger partial charge in [-0.15, -0.1) is 0 Å². The van der Waals surface area contributed by atoms with Gasteiger partial charge in [0.1, 0.15) is 35.6 Å². The number of ether oxygens (including phenoxy) is 3. The molecule has 14 heteroatoms. The van der Waals surface area contributed by atoms with Gasteiger partial charge in [-0.05, 0) is 68.3 Å². The number of amides is 2. The van der Waals surface area contributed by atoms with E-state index in [4.69, 9.17) is 14.2 Å². The van der Waals surface area contributed by atoms with E-state index in [0.717, 1.165) is 12.1 Å². The molecule has 0 unspecified atom stereocenters. The zero-order chi connectivity index (χ0) is 33.1. The van der Waals surface area contributed by atoms with E-state index in [0.29, 0.717) is 36.2 Å². The van der Waals surface area contributed by atoms with Crippen LogP contribution in [0, 0.1) is 17.0 Å². The molecule has 11 nitrogen and oxygen atoms in total. The SMILES string of the molecule is CCOC(=O)c1cc2c(Oc3ccc(NC(=O)C4(C(=O)Nc5ccc(F)cc5)CC4)cc3F)ncnc2n1COCC[Si](C)(C)C. The first-order chi connectivity index (χ1) is 21.9. The van der Waals surface area contributed by atoms with Gasteiger partial charge in [-0.2, -0.15) is 0 Å². The van der Waals surface area contributed by atoms with Gasteiger partial charge in [-0.1, -0.05) is 19.6 Å². The minimum atomic E-state index is -1.34. The molecule has 0 aliphatic heterocycles. The second kappa shape index (κ2) is 13.3. The van der Waals surface area contributed by atoms with Crippen LogP contribution in [0.4, 0.5) is 20.2 Å². The minimum absolute atomic E-state index is 0.00137. The number of halogens is 2. The van der Waals surface area contributed by atoms with Crippen molar-refractivity contribution in [2.45, 2.75) is 52.2 Å². The topological polar surface area (TPSA) is 134 Å². The average Bonchev–Trinajstić information content (AvgIpc) is 3.74. The van der Waals surface area contributed by atoms with E-state index < -0.39 is 42.9 Å². The van der Waals surface area contributed by atoms with E-state index in [9.17, 15) is 18.8 Å². The van der Waals surface area contributed by atoms with Gasteiger partial charge in [0, 0.05) is 32.1 Å². The molecule has 0 atom stereocenters. The number of anilines is 2. The standard InChI is InChI=1S/C32H35F2N5O6Si/c1-5-44-29(40)25-17-23-27(39(25)19-43-14-15-46(2,3)4)35-18-36-28(23)45-26-11-10-22(16-24(26)34)38-31(42)32(12-13-32)30(41)37-21-8-6-20(33)7-9-21/h6-11,16-18H,5,12-15,19H2,1-4H3,(H,37,41)(H,38,42). The van der Waals surface area contributed by atoms with Crippen molar-refractivity contribution in [1.29, 1.82) is 0 Å². The van der Waals surface area contributed by atoms with Crippen LogP contribution in [-0.4, -0.2) is 53.6 Å². The van der Waals surface area contributed by atoms with Crippen LogP contribution >= 0.6 is 0 Å². The largest absolute Gasteiger partial charge is 0.461 e. The number of hydrogen-bond donors (Lipinski definition) is 2. The number of nitrogens with one attached hydrogen (secondary N) is 2. The van der Waals surface area contributed by atoms with Crippen LogP contribution in [-0.2, 0) is 25.8 Å². The second-order valence-electron chi connectivity index (χ2n) is 12.2. The highest BCUT2D eigenvalue weighted by Crippen LogP contribution is 2.47. The van der Waals surface area contributed by atoms with Crippen LogP contribution in [0.1, 0.15) is 30.3 Å². The molecule has 1 aliphatic carbocycles. The number of hydrogen-bond acceptors (Lipinski definition) is 8. The molecule has 46 heavy (non-hydrogen) atoms. The molecule has 0 spiro atoms. The number of esters is 1. The number of rotatable bonds is 13. The van der Waals surface area contributed by atoms with Crippen molar-refractivity contribution in [3.05, 3.63) is 72.2 Å². The van der Waals surface area contributed by atoms with Gasteiger partial charge < -0.3 is 24.8 Å². The molecule has 0 saturated heterocycles. The van der Waals surface area contributed by atoms with E-state index in [-0.39, 0.29) is 36.3 Å². The highest BCUT2D eigenvalue weighted by atomic mass is 28.3. The van der Waals surface area contributed by atoms with Crippen molar-refractivity contribution in [1.82, 2.24) is 14.5 Å². The maximum absolute atomic E-state index is 15.3. The number of aromatic nitrogens is 3. The first-order valence-electron chi connectivity index (χ1n) is 14.9. The molecule has 2 amide bonds. The Bertz CT molecular complexity index is 1770. The molecular formula is C32H35F2N5O6Si. The third-order valence-corrected chi connectivity index (χ3v) is 9.18. The maximum atomic E-state index is 15.3. The summed E-state index contributed by atoms with van der Waals surface area (Å²) >= 11 is 0. The third kappa shape index (κ3) is 7.40. The first-order valence-corrected chi connectivity index (χ1v) is 18.6. The van der Waals surface area contributed by atoms with Crippen LogP contribution in [0.2, 0.25) is 25.7 Å². The predicted molar refractivity (Wildman–Crippen MR) is 169 cm³/mol. The number of benzene rings is 2. The third-order valence-electron chi connectivity index (χ3n) is 7.47. The zero-order valence-electron chi connectivity index (χ0n) is 26.0. The van der Waals surface area contributed by atoms with Crippen molar-refractivity contribution in [2.24, 2.45) is 5.41 Å². The summed E-state index contributed by atoms with van der Waals surface area (Å²) in [5.41, 5.74) is -0.300. The minimum Gasteiger partial charge on any atom is -0.461 e. The number of fused-ring (bicyclic) bond motifs is 1. The van der Waals surface area contributed by atoms with E-state index in [1.807, 2.05) is 0 Å². The molecular weight excluding hydrogens is 616 g/mol. The Hall–Kier alpha value is -4.69. The average molecular weight is 652 g/mol. The van der Waals surface area contributed by atoms with E-state index in [1.165, 1.54) is 48.8 Å². The lowest BCUT2D eigenvalue weighted by atomic mass is 10.0. The van der Waals surface area contributed by atoms with Gasteiger partial charge in [0.05, 0.1) is 12.0 Å². The summed E-state index contributed by atoms with van der Waals surface area (Å²) in [5, 5.41) is 5.58. The highest BCUT2D eigenvalue weighted by molar-refractivity contribution is 6.76. The molecule has 242 valence electrons. The van der Waals surface area contributed by atoms with Crippen LogP contribution in [0.5, 0.6) is 11.6 Å². The number of carbonyl (C=O) groups is 3. The van der Waals surface area contributed by atoms with Gasteiger partial charge in [0.15, 0.2) is 11.6 Å². The summed E-state index contributed by atoms with van der Waals surface area (Å²) in [6.07, 6.45) is 1.87. The Labute approximate surface area is 265 Å². The van der Waals surface area contributed by atoms with Crippen molar-refractivity contribution < 1.29 is 37.4 Å². The normalized spacial score (nSPS) is 13.7. The van der Waals surface area contributed by atoms with Crippen molar-refractivity contribution >= 4 is 48.3 Å². The van der Waals surface area contributed by atoms with Crippen LogP contribution in [0.25, 0.3) is 11.0 Å². The van der Waals surface area contributed by atoms with E-state index in [1.54, 1.807) is 11.5 Å².